The van der Waals surface area contributed by atoms with Crippen molar-refractivity contribution in [2.45, 2.75) is 18.9 Å². The van der Waals surface area contributed by atoms with Crippen LogP contribution in [-0.2, 0) is 0 Å². The van der Waals surface area contributed by atoms with Crippen molar-refractivity contribution in [3.63, 3.8) is 0 Å². The van der Waals surface area contributed by atoms with E-state index in [1.165, 1.54) is 17.9 Å². The average Bonchev–Trinajstić information content (AvgIpc) is 2.99. The third kappa shape index (κ3) is 3.45. The molecule has 0 radical (unpaired) electrons. The van der Waals surface area contributed by atoms with Crippen molar-refractivity contribution < 1.29 is 4.79 Å². The summed E-state index contributed by atoms with van der Waals surface area (Å²) in [6.07, 6.45) is 2.31. The van der Waals surface area contributed by atoms with Crippen LogP contribution < -0.4 is 0 Å². The van der Waals surface area contributed by atoms with Gasteiger partial charge < -0.3 is 4.90 Å². The van der Waals surface area contributed by atoms with Crippen LogP contribution in [0.2, 0.25) is 0 Å². The Kier molecular flexibility index (Phi) is 5.01. The number of carbonyl (C=O) groups is 1. The zero-order chi connectivity index (χ0) is 15.4. The van der Waals surface area contributed by atoms with Gasteiger partial charge in [-0.1, -0.05) is 6.07 Å². The second kappa shape index (κ2) is 7.17. The highest BCUT2D eigenvalue weighted by atomic mass is 32.2. The molecule has 3 rings (SSSR count). The van der Waals surface area contributed by atoms with Crippen molar-refractivity contribution in [3.8, 4) is 6.07 Å². The maximum absolute atomic E-state index is 12.6. The molecule has 0 saturated carbocycles. The predicted molar refractivity (Wildman–Crippen MR) is 89.0 cm³/mol. The first-order valence-corrected chi connectivity index (χ1v) is 9.04. The van der Waals surface area contributed by atoms with Crippen molar-refractivity contribution in [2.24, 2.45) is 0 Å². The van der Waals surface area contributed by atoms with Crippen molar-refractivity contribution in [1.82, 2.24) is 9.80 Å². The Morgan fingerprint density at radius 3 is 2.95 bits per heavy atom. The molecule has 2 aliphatic rings. The van der Waals surface area contributed by atoms with E-state index in [4.69, 9.17) is 5.26 Å². The maximum Gasteiger partial charge on any atom is 0.253 e. The number of hydrogen-bond donors (Lipinski definition) is 0. The summed E-state index contributed by atoms with van der Waals surface area (Å²) < 4.78 is 0. The standard InChI is InChI=1S/C17H21N3OS/c18-12-14-3-1-4-15(11-14)17(21)20-7-2-6-19(8-9-20)16-5-10-22-13-16/h1,3-4,11,16H,2,5-10,13H2. The van der Waals surface area contributed by atoms with Crippen molar-refractivity contribution in [1.29, 1.82) is 5.26 Å². The number of carbonyl (C=O) groups excluding carboxylic acids is 1. The van der Waals surface area contributed by atoms with Gasteiger partial charge in [-0.05, 0) is 36.8 Å². The topological polar surface area (TPSA) is 47.3 Å². The third-order valence-electron chi connectivity index (χ3n) is 4.48. The van der Waals surface area contributed by atoms with Gasteiger partial charge in [0, 0.05) is 43.5 Å². The Morgan fingerprint density at radius 2 is 2.18 bits per heavy atom. The molecule has 0 aliphatic carbocycles. The summed E-state index contributed by atoms with van der Waals surface area (Å²) in [5.41, 5.74) is 1.18. The molecule has 0 spiro atoms. The fourth-order valence-electron chi connectivity index (χ4n) is 3.22. The molecule has 1 atom stereocenters. The molecule has 2 fully saturated rings. The van der Waals surface area contributed by atoms with Crippen LogP contribution >= 0.6 is 11.8 Å². The van der Waals surface area contributed by atoms with Crippen LogP contribution in [0.25, 0.3) is 0 Å². The van der Waals surface area contributed by atoms with Gasteiger partial charge in [-0.3, -0.25) is 9.69 Å². The van der Waals surface area contributed by atoms with Crippen molar-refractivity contribution in [3.05, 3.63) is 35.4 Å². The summed E-state index contributed by atoms with van der Waals surface area (Å²) in [7, 11) is 0. The molecule has 1 amide bonds. The second-order valence-corrected chi connectivity index (χ2v) is 7.04. The van der Waals surface area contributed by atoms with Crippen LogP contribution in [0.5, 0.6) is 0 Å². The van der Waals surface area contributed by atoms with Gasteiger partial charge in [0.1, 0.15) is 0 Å². The number of hydrogen-bond acceptors (Lipinski definition) is 4. The fraction of sp³-hybridized carbons (Fsp3) is 0.529. The first-order chi connectivity index (χ1) is 10.8. The van der Waals surface area contributed by atoms with Crippen LogP contribution in [0.15, 0.2) is 24.3 Å². The number of rotatable bonds is 2. The van der Waals surface area contributed by atoms with E-state index in [-0.39, 0.29) is 5.91 Å². The molecule has 4 nitrogen and oxygen atoms in total. The molecule has 0 aromatic heterocycles. The van der Waals surface area contributed by atoms with Gasteiger partial charge in [0.25, 0.3) is 5.91 Å². The minimum Gasteiger partial charge on any atom is -0.337 e. The second-order valence-electron chi connectivity index (χ2n) is 5.89. The number of nitriles is 1. The summed E-state index contributed by atoms with van der Waals surface area (Å²) >= 11 is 2.04. The lowest BCUT2D eigenvalue weighted by molar-refractivity contribution is 0.0759. The lowest BCUT2D eigenvalue weighted by atomic mass is 10.1. The number of thioether (sulfide) groups is 1. The molecule has 2 saturated heterocycles. The van der Waals surface area contributed by atoms with Gasteiger partial charge in [0.15, 0.2) is 0 Å². The summed E-state index contributed by atoms with van der Waals surface area (Å²) in [6.45, 7) is 3.66. The molecule has 0 bridgehead atoms. The molecule has 22 heavy (non-hydrogen) atoms. The summed E-state index contributed by atoms with van der Waals surface area (Å²) in [6, 6.07) is 9.81. The van der Waals surface area contributed by atoms with E-state index in [0.717, 1.165) is 32.6 Å². The third-order valence-corrected chi connectivity index (χ3v) is 5.62. The van der Waals surface area contributed by atoms with E-state index in [1.807, 2.05) is 16.7 Å². The largest absolute Gasteiger partial charge is 0.337 e. The Balaban J connectivity index is 1.64. The number of benzene rings is 1. The highest BCUT2D eigenvalue weighted by Gasteiger charge is 2.26. The molecule has 1 unspecified atom stereocenters. The Morgan fingerprint density at radius 1 is 1.27 bits per heavy atom. The Hall–Kier alpha value is -1.51. The zero-order valence-corrected chi connectivity index (χ0v) is 13.5. The lowest BCUT2D eigenvalue weighted by Gasteiger charge is -2.26. The summed E-state index contributed by atoms with van der Waals surface area (Å²) in [4.78, 5) is 17.1. The minimum atomic E-state index is 0.0553. The molecule has 1 aromatic carbocycles. The molecular weight excluding hydrogens is 294 g/mol. The number of amides is 1. The van der Waals surface area contributed by atoms with Gasteiger partial charge in [0.2, 0.25) is 0 Å². The highest BCUT2D eigenvalue weighted by molar-refractivity contribution is 7.99. The van der Waals surface area contributed by atoms with Crippen LogP contribution in [0.4, 0.5) is 0 Å². The molecule has 1 aromatic rings. The van der Waals surface area contributed by atoms with Gasteiger partial charge in [0.05, 0.1) is 11.6 Å². The van der Waals surface area contributed by atoms with Gasteiger partial charge in [-0.15, -0.1) is 0 Å². The van der Waals surface area contributed by atoms with Gasteiger partial charge in [-0.25, -0.2) is 0 Å². The number of nitrogens with zero attached hydrogens (tertiary/aromatic N) is 3. The van der Waals surface area contributed by atoms with E-state index in [2.05, 4.69) is 11.0 Å². The van der Waals surface area contributed by atoms with Crippen LogP contribution in [-0.4, -0.2) is 59.4 Å². The van der Waals surface area contributed by atoms with E-state index in [9.17, 15) is 4.79 Å². The average molecular weight is 315 g/mol. The highest BCUT2D eigenvalue weighted by Crippen LogP contribution is 2.23. The first kappa shape index (κ1) is 15.4. The minimum absolute atomic E-state index is 0.0553. The summed E-state index contributed by atoms with van der Waals surface area (Å²) in [5, 5.41) is 8.97. The van der Waals surface area contributed by atoms with Crippen LogP contribution in [0.1, 0.15) is 28.8 Å². The monoisotopic (exact) mass is 315 g/mol. The van der Waals surface area contributed by atoms with Crippen LogP contribution in [0.3, 0.4) is 0 Å². The quantitative estimate of drug-likeness (QED) is 0.839. The van der Waals surface area contributed by atoms with E-state index >= 15 is 0 Å². The molecule has 116 valence electrons. The predicted octanol–water partition coefficient (Wildman–Crippen LogP) is 2.21. The van der Waals surface area contributed by atoms with E-state index in [1.54, 1.807) is 24.3 Å². The molecule has 2 aliphatic heterocycles. The lowest BCUT2D eigenvalue weighted by Crippen LogP contribution is -2.39. The Labute approximate surface area is 136 Å². The van der Waals surface area contributed by atoms with Crippen molar-refractivity contribution >= 4 is 17.7 Å². The van der Waals surface area contributed by atoms with E-state index < -0.39 is 0 Å². The molecule has 2 heterocycles. The summed E-state index contributed by atoms with van der Waals surface area (Å²) in [5.74, 6) is 2.56. The SMILES string of the molecule is N#Cc1cccc(C(=O)N2CCCN(C3CCSC3)CC2)c1. The maximum atomic E-state index is 12.6. The van der Waals surface area contributed by atoms with Gasteiger partial charge >= 0.3 is 0 Å². The zero-order valence-electron chi connectivity index (χ0n) is 12.7. The smallest absolute Gasteiger partial charge is 0.253 e. The molecule has 0 N–H and O–H groups in total. The fourth-order valence-corrected chi connectivity index (χ4v) is 4.48. The molecular formula is C17H21N3OS. The first-order valence-electron chi connectivity index (χ1n) is 7.89. The van der Waals surface area contributed by atoms with Crippen molar-refractivity contribution in [2.75, 3.05) is 37.7 Å². The molecule has 5 heteroatoms. The van der Waals surface area contributed by atoms with E-state index in [0.29, 0.717) is 17.2 Å². The van der Waals surface area contributed by atoms with Crippen LogP contribution in [0, 0.1) is 11.3 Å². The normalized spacial score (nSPS) is 23.0. The Bertz CT molecular complexity index is 578. The van der Waals surface area contributed by atoms with Gasteiger partial charge in [-0.2, -0.15) is 17.0 Å².